The van der Waals surface area contributed by atoms with E-state index in [2.05, 4.69) is 34.4 Å². The summed E-state index contributed by atoms with van der Waals surface area (Å²) < 4.78 is 4.84. The maximum absolute atomic E-state index is 3.84. The molecule has 0 aliphatic heterocycles. The number of hydrogen-bond donors (Lipinski definition) is 1. The van der Waals surface area contributed by atoms with E-state index >= 15 is 0 Å². The fraction of sp³-hybridized carbons (Fsp3) is 0.200. The second-order valence-corrected chi connectivity index (χ2v) is 5.21. The van der Waals surface area contributed by atoms with Gasteiger partial charge in [-0.05, 0) is 0 Å². The SMILES string of the molecule is C=C(C)CN[I-]c1ccccc1. The summed E-state index contributed by atoms with van der Waals surface area (Å²) in [6, 6.07) is 10.5. The van der Waals surface area contributed by atoms with Crippen LogP contribution < -0.4 is 25.0 Å². The van der Waals surface area contributed by atoms with Crippen LogP contribution in [0.5, 0.6) is 0 Å². The molecule has 0 atom stereocenters. The Bertz CT molecular complexity index is 243. The fourth-order valence-electron chi connectivity index (χ4n) is 0.702. The first kappa shape index (κ1) is 9.74. The van der Waals surface area contributed by atoms with Crippen LogP contribution in [-0.4, -0.2) is 6.54 Å². The summed E-state index contributed by atoms with van der Waals surface area (Å²) in [7, 11) is 0. The van der Waals surface area contributed by atoms with Gasteiger partial charge in [0.05, 0.1) is 0 Å². The van der Waals surface area contributed by atoms with E-state index in [0.717, 1.165) is 6.54 Å². The third-order valence-corrected chi connectivity index (χ3v) is 3.38. The van der Waals surface area contributed by atoms with Gasteiger partial charge in [0.1, 0.15) is 0 Å². The molecule has 12 heavy (non-hydrogen) atoms. The van der Waals surface area contributed by atoms with Gasteiger partial charge < -0.3 is 0 Å². The predicted octanol–water partition coefficient (Wildman–Crippen LogP) is -0.974. The average Bonchev–Trinajstić information content (AvgIpc) is 2.05. The van der Waals surface area contributed by atoms with Crippen molar-refractivity contribution in [3.63, 3.8) is 0 Å². The van der Waals surface area contributed by atoms with E-state index in [4.69, 9.17) is 0 Å². The van der Waals surface area contributed by atoms with Gasteiger partial charge in [-0.25, -0.2) is 0 Å². The van der Waals surface area contributed by atoms with Gasteiger partial charge in [-0.3, -0.25) is 0 Å². The van der Waals surface area contributed by atoms with Gasteiger partial charge in [0.25, 0.3) is 0 Å². The molecule has 1 nitrogen and oxygen atoms in total. The Morgan fingerprint density at radius 1 is 1.42 bits per heavy atom. The first-order valence-electron chi connectivity index (χ1n) is 3.85. The van der Waals surface area contributed by atoms with E-state index < -0.39 is 0 Å². The molecule has 1 N–H and O–H groups in total. The quantitative estimate of drug-likeness (QED) is 0.423. The summed E-state index contributed by atoms with van der Waals surface area (Å²) in [5, 5.41) is 0. The van der Waals surface area contributed by atoms with Crippen molar-refractivity contribution >= 4 is 0 Å². The van der Waals surface area contributed by atoms with Crippen molar-refractivity contribution < 1.29 is 21.5 Å². The van der Waals surface area contributed by atoms with Crippen LogP contribution in [0.2, 0.25) is 0 Å². The monoisotopic (exact) mass is 274 g/mol. The Balaban J connectivity index is 2.29. The van der Waals surface area contributed by atoms with E-state index in [0.29, 0.717) is 0 Å². The number of halogens is 1. The second-order valence-electron chi connectivity index (χ2n) is 2.66. The molecule has 0 aromatic heterocycles. The summed E-state index contributed by atoms with van der Waals surface area (Å²) in [5.41, 5.74) is 1.20. The minimum absolute atomic E-state index is 0.0177. The zero-order valence-electron chi connectivity index (χ0n) is 7.18. The number of nitrogens with one attached hydrogen (secondary N) is 1. The summed E-state index contributed by atoms with van der Waals surface area (Å²) in [6.07, 6.45) is 0. The Hall–Kier alpha value is -0.350. The third kappa shape index (κ3) is 3.88. The van der Waals surface area contributed by atoms with Crippen molar-refractivity contribution in [3.8, 4) is 0 Å². The van der Waals surface area contributed by atoms with Gasteiger partial charge in [0.2, 0.25) is 0 Å². The molecule has 66 valence electrons. The molecular formula is C10H13IN-. The van der Waals surface area contributed by atoms with Crippen LogP contribution in [0.25, 0.3) is 0 Å². The average molecular weight is 274 g/mol. The molecule has 0 fully saturated rings. The third-order valence-electron chi connectivity index (χ3n) is 1.28. The van der Waals surface area contributed by atoms with Crippen LogP contribution in [-0.2, 0) is 0 Å². The van der Waals surface area contributed by atoms with Gasteiger partial charge >= 0.3 is 84.5 Å². The molecule has 1 rings (SSSR count). The topological polar surface area (TPSA) is 12.0 Å². The normalized spacial score (nSPS) is 10.1. The molecule has 0 spiro atoms. The zero-order valence-corrected chi connectivity index (χ0v) is 9.34. The summed E-state index contributed by atoms with van der Waals surface area (Å²) in [5.74, 6) is 0. The van der Waals surface area contributed by atoms with Crippen LogP contribution in [0.15, 0.2) is 42.5 Å². The molecule has 0 aliphatic carbocycles. The Kier molecular flexibility index (Phi) is 4.32. The second kappa shape index (κ2) is 5.32. The summed E-state index contributed by atoms with van der Waals surface area (Å²) in [4.78, 5) is 0. The molecule has 0 saturated carbocycles. The molecule has 0 bridgehead atoms. The summed E-state index contributed by atoms with van der Waals surface area (Å²) in [6.45, 7) is 6.83. The molecule has 0 saturated heterocycles. The van der Waals surface area contributed by atoms with Crippen molar-refractivity contribution in [1.29, 1.82) is 0 Å². The zero-order chi connectivity index (χ0) is 8.81. The van der Waals surface area contributed by atoms with Crippen LogP contribution in [0.4, 0.5) is 0 Å². The number of rotatable bonds is 4. The van der Waals surface area contributed by atoms with Gasteiger partial charge in [-0.15, -0.1) is 0 Å². The fourth-order valence-corrected chi connectivity index (χ4v) is 2.76. The van der Waals surface area contributed by atoms with Gasteiger partial charge in [-0.2, -0.15) is 0 Å². The van der Waals surface area contributed by atoms with Gasteiger partial charge in [0, 0.05) is 0 Å². The van der Waals surface area contributed by atoms with Gasteiger partial charge in [-0.1, -0.05) is 0 Å². The minimum atomic E-state index is -0.0177. The molecule has 2 heteroatoms. The van der Waals surface area contributed by atoms with Crippen LogP contribution in [0.3, 0.4) is 0 Å². The van der Waals surface area contributed by atoms with Crippen molar-refractivity contribution in [3.05, 3.63) is 46.1 Å². The van der Waals surface area contributed by atoms with E-state index in [1.807, 2.05) is 13.0 Å². The first-order chi connectivity index (χ1) is 5.79. The van der Waals surface area contributed by atoms with E-state index in [1.165, 1.54) is 9.14 Å². The van der Waals surface area contributed by atoms with Crippen LogP contribution in [0.1, 0.15) is 6.92 Å². The Labute approximate surface area is 84.5 Å². The Morgan fingerprint density at radius 2 is 2.08 bits per heavy atom. The molecule has 0 heterocycles. The van der Waals surface area contributed by atoms with Crippen LogP contribution in [0, 0.1) is 3.57 Å². The Morgan fingerprint density at radius 3 is 2.67 bits per heavy atom. The predicted molar refractivity (Wildman–Crippen MR) is 48.0 cm³/mol. The standard InChI is InChI=1S/C10H13IN/c1-9(2)8-12-11-10-6-4-3-5-7-10/h3-7,12H,1,8H2,2H3/q-1. The van der Waals surface area contributed by atoms with Crippen molar-refractivity contribution in [2.75, 3.05) is 6.54 Å². The molecule has 1 aromatic rings. The van der Waals surface area contributed by atoms with Crippen molar-refractivity contribution in [2.45, 2.75) is 6.92 Å². The molecule has 1 aromatic carbocycles. The maximum atomic E-state index is 3.84. The number of hydrogen-bond acceptors (Lipinski definition) is 1. The molecule has 0 radical (unpaired) electrons. The molecular weight excluding hydrogens is 261 g/mol. The molecule has 0 aliphatic rings. The van der Waals surface area contributed by atoms with Crippen molar-refractivity contribution in [2.24, 2.45) is 0 Å². The van der Waals surface area contributed by atoms with E-state index in [-0.39, 0.29) is 21.5 Å². The van der Waals surface area contributed by atoms with E-state index in [9.17, 15) is 0 Å². The van der Waals surface area contributed by atoms with Crippen LogP contribution >= 0.6 is 0 Å². The van der Waals surface area contributed by atoms with Gasteiger partial charge in [0.15, 0.2) is 0 Å². The van der Waals surface area contributed by atoms with E-state index in [1.54, 1.807) is 0 Å². The molecule has 0 unspecified atom stereocenters. The first-order valence-corrected chi connectivity index (χ1v) is 6.01. The molecule has 0 amide bonds. The summed E-state index contributed by atoms with van der Waals surface area (Å²) >= 11 is -0.0177. The number of benzene rings is 1. The van der Waals surface area contributed by atoms with Crippen molar-refractivity contribution in [1.82, 2.24) is 3.53 Å².